The van der Waals surface area contributed by atoms with Gasteiger partial charge in [-0.3, -0.25) is 9.30 Å². The van der Waals surface area contributed by atoms with Crippen LogP contribution in [0.2, 0.25) is 0 Å². The van der Waals surface area contributed by atoms with Gasteiger partial charge in [-0.25, -0.2) is 4.68 Å². The van der Waals surface area contributed by atoms with Crippen LogP contribution in [0.15, 0.2) is 48.5 Å². The molecular weight excluding hydrogens is 402 g/mol. The fourth-order valence-electron chi connectivity index (χ4n) is 3.93. The topological polar surface area (TPSA) is 37.9 Å². The molecule has 1 saturated heterocycles. The molecule has 0 amide bonds. The van der Waals surface area contributed by atoms with Crippen molar-refractivity contribution in [2.24, 2.45) is 0 Å². The van der Waals surface area contributed by atoms with Crippen LogP contribution in [0.5, 0.6) is 5.75 Å². The van der Waals surface area contributed by atoms with E-state index in [-0.39, 0.29) is 0 Å². The van der Waals surface area contributed by atoms with E-state index in [4.69, 9.17) is 22.1 Å². The molecule has 0 aliphatic carbocycles. The van der Waals surface area contributed by atoms with Crippen molar-refractivity contribution in [3.8, 4) is 5.75 Å². The summed E-state index contributed by atoms with van der Waals surface area (Å²) in [5.41, 5.74) is 2.39. The Labute approximate surface area is 178 Å². The Morgan fingerprint density at radius 2 is 1.86 bits per heavy atom. The summed E-state index contributed by atoms with van der Waals surface area (Å²) < 4.78 is 11.3. The van der Waals surface area contributed by atoms with Gasteiger partial charge in [0.1, 0.15) is 5.75 Å². The lowest BCUT2D eigenvalue weighted by molar-refractivity contribution is 0.220. The predicted octanol–water partition coefficient (Wildman–Crippen LogP) is 4.26. The summed E-state index contributed by atoms with van der Waals surface area (Å²) in [7, 11) is 1.70. The van der Waals surface area contributed by atoms with Gasteiger partial charge < -0.3 is 9.64 Å². The van der Waals surface area contributed by atoms with Crippen molar-refractivity contribution in [1.82, 2.24) is 19.1 Å². The summed E-state index contributed by atoms with van der Waals surface area (Å²) in [6.07, 6.45) is 1.12. The van der Waals surface area contributed by atoms with Gasteiger partial charge in [0.2, 0.25) is 9.73 Å². The van der Waals surface area contributed by atoms with E-state index in [2.05, 4.69) is 50.6 Å². The van der Waals surface area contributed by atoms with E-state index in [9.17, 15) is 0 Å². The standard InChI is InChI=1S/C21H23N5OS2/c1-27-17-9-7-16(8-10-17)24-12-4-11-23(13-14-24)15-25-21(28)26-18-5-2-3-6-19(18)29-20(26)22-25/h2-3,5-10H,4,11-15H2,1H3. The number of ether oxygens (including phenoxy) is 1. The predicted molar refractivity (Wildman–Crippen MR) is 121 cm³/mol. The summed E-state index contributed by atoms with van der Waals surface area (Å²) in [6, 6.07) is 16.7. The van der Waals surface area contributed by atoms with Gasteiger partial charge in [-0.15, -0.1) is 5.10 Å². The largest absolute Gasteiger partial charge is 0.497 e. The van der Waals surface area contributed by atoms with Crippen LogP contribution in [0, 0.1) is 4.77 Å². The fraction of sp³-hybridized carbons (Fsp3) is 0.333. The van der Waals surface area contributed by atoms with Crippen LogP contribution in [-0.2, 0) is 6.67 Å². The monoisotopic (exact) mass is 425 g/mol. The van der Waals surface area contributed by atoms with Crippen LogP contribution in [0.3, 0.4) is 0 Å². The Morgan fingerprint density at radius 1 is 1.03 bits per heavy atom. The van der Waals surface area contributed by atoms with Gasteiger partial charge in [0.05, 0.1) is 24.0 Å². The molecule has 2 aromatic carbocycles. The van der Waals surface area contributed by atoms with Gasteiger partial charge in [-0.05, 0) is 55.0 Å². The number of benzene rings is 2. The molecule has 5 rings (SSSR count). The van der Waals surface area contributed by atoms with E-state index in [1.165, 1.54) is 10.4 Å². The fourth-order valence-corrected chi connectivity index (χ4v) is 5.30. The highest BCUT2D eigenvalue weighted by Gasteiger charge is 2.18. The number of methoxy groups -OCH3 is 1. The Balaban J connectivity index is 1.32. The Bertz CT molecular complexity index is 1190. The smallest absolute Gasteiger partial charge is 0.216 e. The first kappa shape index (κ1) is 18.6. The highest BCUT2D eigenvalue weighted by molar-refractivity contribution is 7.71. The van der Waals surface area contributed by atoms with Gasteiger partial charge in [0.25, 0.3) is 0 Å². The number of hydrogen-bond donors (Lipinski definition) is 0. The van der Waals surface area contributed by atoms with Gasteiger partial charge in [0.15, 0.2) is 0 Å². The third-order valence-electron chi connectivity index (χ3n) is 5.48. The SMILES string of the molecule is COc1ccc(N2CCCN(Cn3nc4sc5ccccc5n4c3=S)CC2)cc1. The quantitative estimate of drug-likeness (QED) is 0.457. The Morgan fingerprint density at radius 3 is 2.69 bits per heavy atom. The lowest BCUT2D eigenvalue weighted by Crippen LogP contribution is -2.32. The minimum Gasteiger partial charge on any atom is -0.497 e. The molecule has 1 aliphatic rings. The summed E-state index contributed by atoms with van der Waals surface area (Å²) in [4.78, 5) is 5.85. The van der Waals surface area contributed by atoms with Gasteiger partial charge >= 0.3 is 0 Å². The van der Waals surface area contributed by atoms with Crippen LogP contribution in [0.1, 0.15) is 6.42 Å². The first-order valence-electron chi connectivity index (χ1n) is 9.81. The number of nitrogens with zero attached hydrogens (tertiary/aromatic N) is 5. The minimum absolute atomic E-state index is 0.734. The second-order valence-electron chi connectivity index (χ2n) is 7.27. The summed E-state index contributed by atoms with van der Waals surface area (Å²) in [6.45, 7) is 4.81. The summed E-state index contributed by atoms with van der Waals surface area (Å²) >= 11 is 7.45. The average molecular weight is 426 g/mol. The molecule has 8 heteroatoms. The number of aromatic nitrogens is 3. The molecule has 2 aromatic heterocycles. The molecule has 6 nitrogen and oxygen atoms in total. The molecule has 0 saturated carbocycles. The van der Waals surface area contributed by atoms with Gasteiger partial charge in [-0.1, -0.05) is 23.5 Å². The van der Waals surface area contributed by atoms with E-state index >= 15 is 0 Å². The van der Waals surface area contributed by atoms with Crippen molar-refractivity contribution < 1.29 is 4.74 Å². The molecule has 1 fully saturated rings. The van der Waals surface area contributed by atoms with Crippen molar-refractivity contribution in [3.05, 3.63) is 53.3 Å². The van der Waals surface area contributed by atoms with Crippen LogP contribution in [0.4, 0.5) is 5.69 Å². The van der Waals surface area contributed by atoms with Crippen molar-refractivity contribution in [1.29, 1.82) is 0 Å². The number of thiazole rings is 1. The number of rotatable bonds is 4. The van der Waals surface area contributed by atoms with Crippen LogP contribution < -0.4 is 9.64 Å². The zero-order valence-corrected chi connectivity index (χ0v) is 18.0. The number of hydrogen-bond acceptors (Lipinski definition) is 6. The average Bonchev–Trinajstić information content (AvgIpc) is 3.15. The zero-order valence-electron chi connectivity index (χ0n) is 16.3. The number of fused-ring (bicyclic) bond motifs is 3. The van der Waals surface area contributed by atoms with E-state index in [1.807, 2.05) is 16.8 Å². The van der Waals surface area contributed by atoms with E-state index < -0.39 is 0 Å². The maximum atomic E-state index is 5.76. The molecule has 0 unspecified atom stereocenters. The highest BCUT2D eigenvalue weighted by Crippen LogP contribution is 2.26. The maximum absolute atomic E-state index is 5.76. The third kappa shape index (κ3) is 3.52. The van der Waals surface area contributed by atoms with E-state index in [1.54, 1.807) is 18.4 Å². The molecule has 1 aliphatic heterocycles. The van der Waals surface area contributed by atoms with Crippen LogP contribution in [0.25, 0.3) is 15.2 Å². The third-order valence-corrected chi connectivity index (χ3v) is 6.88. The lowest BCUT2D eigenvalue weighted by atomic mass is 10.2. The molecule has 150 valence electrons. The first-order chi connectivity index (χ1) is 14.2. The van der Waals surface area contributed by atoms with Crippen LogP contribution >= 0.6 is 23.6 Å². The molecule has 0 radical (unpaired) electrons. The van der Waals surface area contributed by atoms with Crippen molar-refractivity contribution in [2.75, 3.05) is 38.2 Å². The van der Waals surface area contributed by atoms with Gasteiger partial charge in [-0.2, -0.15) is 0 Å². The zero-order chi connectivity index (χ0) is 19.8. The lowest BCUT2D eigenvalue weighted by Gasteiger charge is -2.23. The molecule has 3 heterocycles. The van der Waals surface area contributed by atoms with Gasteiger partial charge in [0, 0.05) is 31.9 Å². The van der Waals surface area contributed by atoms with Crippen LogP contribution in [-0.4, -0.2) is 52.4 Å². The highest BCUT2D eigenvalue weighted by atomic mass is 32.1. The number of para-hydroxylation sites is 1. The van der Waals surface area contributed by atoms with Crippen molar-refractivity contribution in [3.63, 3.8) is 0 Å². The summed E-state index contributed by atoms with van der Waals surface area (Å²) in [5.74, 6) is 0.895. The van der Waals surface area contributed by atoms with E-state index in [0.29, 0.717) is 0 Å². The maximum Gasteiger partial charge on any atom is 0.216 e. The molecule has 29 heavy (non-hydrogen) atoms. The first-order valence-corrected chi connectivity index (χ1v) is 11.0. The Hall–Kier alpha value is -2.42. The second kappa shape index (κ2) is 7.78. The molecule has 0 bridgehead atoms. The molecule has 0 N–H and O–H groups in total. The summed E-state index contributed by atoms with van der Waals surface area (Å²) in [5, 5.41) is 4.80. The van der Waals surface area contributed by atoms with Crippen molar-refractivity contribution >= 4 is 44.4 Å². The van der Waals surface area contributed by atoms with E-state index in [0.717, 1.165) is 60.3 Å². The minimum atomic E-state index is 0.734. The molecule has 4 aromatic rings. The molecule has 0 spiro atoms. The second-order valence-corrected chi connectivity index (χ2v) is 8.64. The molecular formula is C21H23N5OS2. The normalized spacial score (nSPS) is 15.8. The molecule has 0 atom stereocenters. The Kier molecular flexibility index (Phi) is 4.99. The number of anilines is 1. The van der Waals surface area contributed by atoms with Crippen molar-refractivity contribution in [2.45, 2.75) is 13.1 Å².